The van der Waals surface area contributed by atoms with Crippen molar-refractivity contribution >= 4 is 0 Å². The van der Waals surface area contributed by atoms with Gasteiger partial charge >= 0.3 is 0 Å². The molecule has 5 nitrogen and oxygen atoms in total. The zero-order valence-corrected chi connectivity index (χ0v) is 6.65. The molecule has 1 fully saturated rings. The molecular weight excluding hydrogens is 188 g/mol. The Morgan fingerprint density at radius 2 is 2.08 bits per heavy atom. The molecule has 5 N–H and O–H groups in total. The first-order chi connectivity index (χ1) is 5.78. The summed E-state index contributed by atoms with van der Waals surface area (Å²) in [4.78, 5) is 0. The molecule has 1 unspecified atom stereocenters. The van der Waals surface area contributed by atoms with E-state index < -0.39 is 37.1 Å². The number of rotatable bonds is 1. The van der Waals surface area contributed by atoms with Crippen LogP contribution in [0.3, 0.4) is 0 Å². The predicted octanol–water partition coefficient (Wildman–Crippen LogP) is -1.63. The average Bonchev–Trinajstić information content (AvgIpc) is 1.95. The van der Waals surface area contributed by atoms with E-state index in [4.69, 9.17) is 21.1 Å². The maximum Gasteiger partial charge on any atom is 0.282 e. The number of aliphatic hydroxyl groups excluding tert-OH is 2. The molecule has 1 rings (SSSR count). The lowest BCUT2D eigenvalue weighted by Crippen LogP contribution is -2.62. The van der Waals surface area contributed by atoms with E-state index in [2.05, 4.69) is 4.74 Å². The molecule has 1 aliphatic heterocycles. The van der Waals surface area contributed by atoms with E-state index in [1.807, 2.05) is 0 Å². The normalized spacial score (nSPS) is 44.8. The van der Waals surface area contributed by atoms with Gasteiger partial charge in [-0.05, 0) is 0 Å². The number of aliphatic hydroxyl groups is 3. The summed E-state index contributed by atoms with van der Waals surface area (Å²) in [5, 5.41) is 26.5. The van der Waals surface area contributed by atoms with Gasteiger partial charge in [0.1, 0.15) is 12.2 Å². The third-order valence-corrected chi connectivity index (χ3v) is 1.81. The van der Waals surface area contributed by atoms with Crippen molar-refractivity contribution in [1.82, 2.24) is 0 Å². The maximum absolute atomic E-state index is 12.8. The van der Waals surface area contributed by atoms with Crippen molar-refractivity contribution in [2.24, 2.45) is 5.73 Å². The number of nitrogens with two attached hydrogens (primary N) is 1. The highest BCUT2D eigenvalue weighted by molar-refractivity contribution is 4.91. The Morgan fingerprint density at radius 3 is 2.54 bits per heavy atom. The van der Waals surface area contributed by atoms with Gasteiger partial charge in [-0.3, -0.25) is 5.73 Å². The number of halogens is 2. The molecule has 13 heavy (non-hydrogen) atoms. The molecule has 1 heterocycles. The van der Waals surface area contributed by atoms with E-state index in [0.717, 1.165) is 0 Å². The topological polar surface area (TPSA) is 95.9 Å². The molecule has 0 aromatic rings. The number of hydrogen-bond donors (Lipinski definition) is 4. The van der Waals surface area contributed by atoms with Crippen LogP contribution < -0.4 is 5.73 Å². The predicted molar refractivity (Wildman–Crippen MR) is 36.7 cm³/mol. The van der Waals surface area contributed by atoms with Crippen LogP contribution in [0.25, 0.3) is 0 Å². The summed E-state index contributed by atoms with van der Waals surface area (Å²) in [6, 6.07) is 0. The highest BCUT2D eigenvalue weighted by Gasteiger charge is 2.55. The Bertz CT molecular complexity index is 199. The monoisotopic (exact) mass is 199 g/mol. The summed E-state index contributed by atoms with van der Waals surface area (Å²) in [5.74, 6) is -6.06. The minimum Gasteiger partial charge on any atom is -0.394 e. The molecule has 78 valence electrons. The molecule has 0 radical (unpaired) electrons. The zero-order chi connectivity index (χ0) is 10.3. The molecule has 0 aromatic heterocycles. The summed E-state index contributed by atoms with van der Waals surface area (Å²) in [7, 11) is 0. The number of hydrogen-bond acceptors (Lipinski definition) is 5. The van der Waals surface area contributed by atoms with Gasteiger partial charge in [-0.15, -0.1) is 0 Å². The van der Waals surface area contributed by atoms with Gasteiger partial charge in [0, 0.05) is 0 Å². The molecule has 1 aliphatic rings. The quantitative estimate of drug-likeness (QED) is 0.380. The fraction of sp³-hybridized carbons (Fsp3) is 1.00. The molecule has 0 amide bonds. The summed E-state index contributed by atoms with van der Waals surface area (Å²) in [6.07, 6.45) is -4.92. The molecule has 7 heteroatoms. The first-order valence-electron chi connectivity index (χ1n) is 3.64. The summed E-state index contributed by atoms with van der Waals surface area (Å²) >= 11 is 0. The third kappa shape index (κ3) is 2.12. The van der Waals surface area contributed by atoms with Gasteiger partial charge in [0.25, 0.3) is 5.92 Å². The summed E-state index contributed by atoms with van der Waals surface area (Å²) in [5.41, 5.74) is 4.91. The Labute approximate surface area is 72.7 Å². The fourth-order valence-corrected chi connectivity index (χ4v) is 1.22. The Hall–Kier alpha value is -0.340. The lowest BCUT2D eigenvalue weighted by Gasteiger charge is -2.41. The van der Waals surface area contributed by atoms with Crippen LogP contribution in [-0.4, -0.2) is 46.0 Å². The van der Waals surface area contributed by atoms with Crippen LogP contribution in [0.2, 0.25) is 0 Å². The van der Waals surface area contributed by atoms with Gasteiger partial charge in [0.2, 0.25) is 5.91 Å². The highest BCUT2D eigenvalue weighted by atomic mass is 19.3. The number of ether oxygens (including phenoxy) is 1. The Balaban J connectivity index is 2.81. The lowest BCUT2D eigenvalue weighted by molar-refractivity contribution is -0.337. The molecule has 0 aromatic carbocycles. The summed E-state index contributed by atoms with van der Waals surface area (Å²) in [6.45, 7) is -0.837. The smallest absolute Gasteiger partial charge is 0.282 e. The standard InChI is InChI=1S/C6H11F2NO4/c7-5(8)2-6(9,12)13-3(1-10)4(5)11/h3-4,10-12H,1-2,9H2/t3-,4-,6?/m1/s1. The van der Waals surface area contributed by atoms with Crippen molar-refractivity contribution in [1.29, 1.82) is 0 Å². The minimum atomic E-state index is -3.56. The zero-order valence-electron chi connectivity index (χ0n) is 6.65. The summed E-state index contributed by atoms with van der Waals surface area (Å²) < 4.78 is 30.1. The van der Waals surface area contributed by atoms with Crippen LogP contribution >= 0.6 is 0 Å². The average molecular weight is 199 g/mol. The van der Waals surface area contributed by atoms with Crippen LogP contribution in [0.15, 0.2) is 0 Å². The minimum absolute atomic E-state index is 0.837. The molecule has 3 atom stereocenters. The second kappa shape index (κ2) is 3.10. The Kier molecular flexibility index (Phi) is 2.56. The van der Waals surface area contributed by atoms with E-state index in [1.165, 1.54) is 0 Å². The van der Waals surface area contributed by atoms with Crippen molar-refractivity contribution in [2.45, 2.75) is 30.5 Å². The van der Waals surface area contributed by atoms with E-state index in [0.29, 0.717) is 0 Å². The van der Waals surface area contributed by atoms with Crippen molar-refractivity contribution in [3.63, 3.8) is 0 Å². The lowest BCUT2D eigenvalue weighted by atomic mass is 9.99. The van der Waals surface area contributed by atoms with E-state index >= 15 is 0 Å². The molecule has 0 aliphatic carbocycles. The van der Waals surface area contributed by atoms with Crippen molar-refractivity contribution in [2.75, 3.05) is 6.61 Å². The van der Waals surface area contributed by atoms with Gasteiger partial charge in [0.15, 0.2) is 0 Å². The van der Waals surface area contributed by atoms with Crippen molar-refractivity contribution in [3.8, 4) is 0 Å². The van der Waals surface area contributed by atoms with E-state index in [-0.39, 0.29) is 0 Å². The van der Waals surface area contributed by atoms with Gasteiger partial charge in [-0.2, -0.15) is 0 Å². The third-order valence-electron chi connectivity index (χ3n) is 1.81. The molecule has 1 saturated heterocycles. The second-order valence-corrected chi connectivity index (χ2v) is 3.07. The SMILES string of the molecule is NC1(O)CC(F)(F)[C@H](O)[C@@H](CO)O1. The first-order valence-corrected chi connectivity index (χ1v) is 3.64. The van der Waals surface area contributed by atoms with E-state index in [9.17, 15) is 8.78 Å². The molecule has 0 saturated carbocycles. The fourth-order valence-electron chi connectivity index (χ4n) is 1.22. The number of alkyl halides is 2. The second-order valence-electron chi connectivity index (χ2n) is 3.07. The van der Waals surface area contributed by atoms with Crippen LogP contribution in [0, 0.1) is 0 Å². The first kappa shape index (κ1) is 10.7. The van der Waals surface area contributed by atoms with Gasteiger partial charge < -0.3 is 20.1 Å². The van der Waals surface area contributed by atoms with Crippen LogP contribution in [0.4, 0.5) is 8.78 Å². The highest BCUT2D eigenvalue weighted by Crippen LogP contribution is 2.35. The van der Waals surface area contributed by atoms with Crippen LogP contribution in [0.1, 0.15) is 6.42 Å². The molecule has 0 spiro atoms. The van der Waals surface area contributed by atoms with Crippen molar-refractivity contribution in [3.05, 3.63) is 0 Å². The largest absolute Gasteiger partial charge is 0.394 e. The van der Waals surface area contributed by atoms with Crippen LogP contribution in [-0.2, 0) is 4.74 Å². The van der Waals surface area contributed by atoms with Gasteiger partial charge in [-0.25, -0.2) is 8.78 Å². The maximum atomic E-state index is 12.8. The van der Waals surface area contributed by atoms with E-state index in [1.54, 1.807) is 0 Å². The van der Waals surface area contributed by atoms with Crippen molar-refractivity contribution < 1.29 is 28.8 Å². The van der Waals surface area contributed by atoms with Crippen LogP contribution in [0.5, 0.6) is 0 Å². The molecular formula is C6H11F2NO4. The van der Waals surface area contributed by atoms with Gasteiger partial charge in [-0.1, -0.05) is 0 Å². The van der Waals surface area contributed by atoms with Gasteiger partial charge in [0.05, 0.1) is 13.0 Å². The molecule has 0 bridgehead atoms. The Morgan fingerprint density at radius 1 is 1.54 bits per heavy atom.